The number of carbonyl (C=O) groups is 2. The number of nitrogens with one attached hydrogen (secondary N) is 2. The van der Waals surface area contributed by atoms with E-state index in [2.05, 4.69) is 10.6 Å². The van der Waals surface area contributed by atoms with Crippen LogP contribution in [0.1, 0.15) is 18.4 Å². The SMILES string of the molecule is O=C1CCC(C(=O)Nc2cc(C(F)(F)F)ccc2Cl)CN1. The number of alkyl halides is 3. The molecule has 4 nitrogen and oxygen atoms in total. The average molecular weight is 321 g/mol. The molecular weight excluding hydrogens is 309 g/mol. The zero-order valence-corrected chi connectivity index (χ0v) is 11.5. The third-order valence-electron chi connectivity index (χ3n) is 3.19. The number of benzene rings is 1. The first-order chi connectivity index (χ1) is 9.77. The van der Waals surface area contributed by atoms with Gasteiger partial charge in [-0.1, -0.05) is 11.6 Å². The Morgan fingerprint density at radius 2 is 2.10 bits per heavy atom. The van der Waals surface area contributed by atoms with Crippen molar-refractivity contribution < 1.29 is 22.8 Å². The zero-order valence-electron chi connectivity index (χ0n) is 10.8. The van der Waals surface area contributed by atoms with Crippen molar-refractivity contribution in [3.8, 4) is 0 Å². The number of carbonyl (C=O) groups excluding carboxylic acids is 2. The molecule has 0 bridgehead atoms. The lowest BCUT2D eigenvalue weighted by atomic mass is 9.98. The standard InChI is InChI=1S/C13H12ClF3N2O2/c14-9-3-2-8(13(15,16)17)5-10(9)19-12(21)7-1-4-11(20)18-6-7/h2-3,5,7H,1,4,6H2,(H,18,20)(H,19,21). The van der Waals surface area contributed by atoms with E-state index in [1.165, 1.54) is 0 Å². The Labute approximate surface area is 123 Å². The summed E-state index contributed by atoms with van der Waals surface area (Å²) in [6, 6.07) is 2.73. The van der Waals surface area contributed by atoms with Gasteiger partial charge >= 0.3 is 6.18 Å². The summed E-state index contributed by atoms with van der Waals surface area (Å²) in [7, 11) is 0. The Bertz CT molecular complexity index is 565. The summed E-state index contributed by atoms with van der Waals surface area (Å²) in [5, 5.41) is 4.95. The Kier molecular flexibility index (Phi) is 4.41. The van der Waals surface area contributed by atoms with Crippen molar-refractivity contribution in [2.24, 2.45) is 5.92 Å². The van der Waals surface area contributed by atoms with Crippen molar-refractivity contribution in [3.63, 3.8) is 0 Å². The molecule has 0 radical (unpaired) electrons. The molecule has 1 aromatic rings. The summed E-state index contributed by atoms with van der Waals surface area (Å²) in [6.45, 7) is 0.168. The van der Waals surface area contributed by atoms with E-state index in [0.29, 0.717) is 6.42 Å². The van der Waals surface area contributed by atoms with Crippen LogP contribution in [0, 0.1) is 5.92 Å². The molecule has 2 rings (SSSR count). The van der Waals surface area contributed by atoms with Crippen LogP contribution in [0.4, 0.5) is 18.9 Å². The highest BCUT2D eigenvalue weighted by Gasteiger charge is 2.31. The Hall–Kier alpha value is -1.76. The molecule has 2 amide bonds. The van der Waals surface area contributed by atoms with Crippen LogP contribution in [0.25, 0.3) is 0 Å². The molecule has 0 spiro atoms. The van der Waals surface area contributed by atoms with Crippen molar-refractivity contribution in [1.82, 2.24) is 5.32 Å². The van der Waals surface area contributed by atoms with Gasteiger partial charge in [0.15, 0.2) is 0 Å². The fourth-order valence-corrected chi connectivity index (χ4v) is 2.15. The number of hydrogen-bond acceptors (Lipinski definition) is 2. The number of amides is 2. The molecule has 1 aliphatic rings. The van der Waals surface area contributed by atoms with Gasteiger partial charge in [0.05, 0.1) is 22.2 Å². The predicted octanol–water partition coefficient (Wildman–Crippen LogP) is 2.82. The maximum Gasteiger partial charge on any atom is 0.416 e. The Balaban J connectivity index is 2.11. The molecule has 1 heterocycles. The summed E-state index contributed by atoms with van der Waals surface area (Å²) >= 11 is 5.80. The van der Waals surface area contributed by atoms with Gasteiger partial charge in [-0.15, -0.1) is 0 Å². The molecular formula is C13H12ClF3N2O2. The summed E-state index contributed by atoms with van der Waals surface area (Å²) in [5.74, 6) is -1.08. The fraction of sp³-hybridized carbons (Fsp3) is 0.385. The van der Waals surface area contributed by atoms with E-state index in [-0.39, 0.29) is 29.6 Å². The van der Waals surface area contributed by atoms with Crippen molar-refractivity contribution in [2.45, 2.75) is 19.0 Å². The molecule has 1 fully saturated rings. The molecule has 8 heteroatoms. The van der Waals surface area contributed by atoms with Crippen LogP contribution >= 0.6 is 11.6 Å². The molecule has 1 aliphatic heterocycles. The van der Waals surface area contributed by atoms with Crippen molar-refractivity contribution in [2.75, 3.05) is 11.9 Å². The van der Waals surface area contributed by atoms with Gasteiger partial charge in [0.25, 0.3) is 0 Å². The molecule has 1 saturated heterocycles. The van der Waals surface area contributed by atoms with E-state index in [1.807, 2.05) is 0 Å². The van der Waals surface area contributed by atoms with E-state index in [1.54, 1.807) is 0 Å². The van der Waals surface area contributed by atoms with Gasteiger partial charge in [0, 0.05) is 13.0 Å². The van der Waals surface area contributed by atoms with Gasteiger partial charge < -0.3 is 10.6 Å². The van der Waals surface area contributed by atoms with Gasteiger partial charge in [0.1, 0.15) is 0 Å². The lowest BCUT2D eigenvalue weighted by Gasteiger charge is -2.22. The molecule has 0 aromatic heterocycles. The normalized spacial score (nSPS) is 19.0. The predicted molar refractivity (Wildman–Crippen MR) is 70.8 cm³/mol. The second-order valence-corrected chi connectivity index (χ2v) is 5.13. The van der Waals surface area contributed by atoms with Gasteiger partial charge in [-0.3, -0.25) is 9.59 Å². The third kappa shape index (κ3) is 3.87. The van der Waals surface area contributed by atoms with Gasteiger partial charge in [-0.25, -0.2) is 0 Å². The van der Waals surface area contributed by atoms with Gasteiger partial charge in [-0.05, 0) is 24.6 Å². The smallest absolute Gasteiger partial charge is 0.355 e. The quantitative estimate of drug-likeness (QED) is 0.880. The topological polar surface area (TPSA) is 58.2 Å². The third-order valence-corrected chi connectivity index (χ3v) is 3.52. The second kappa shape index (κ2) is 5.93. The van der Waals surface area contributed by atoms with Crippen LogP contribution in [0.3, 0.4) is 0 Å². The van der Waals surface area contributed by atoms with E-state index < -0.39 is 23.6 Å². The van der Waals surface area contributed by atoms with Crippen LogP contribution in [0.2, 0.25) is 5.02 Å². The summed E-state index contributed by atoms with van der Waals surface area (Å²) in [6.07, 6.45) is -3.94. The van der Waals surface area contributed by atoms with Crippen LogP contribution < -0.4 is 10.6 Å². The van der Waals surface area contributed by atoms with Crippen LogP contribution in [0.5, 0.6) is 0 Å². The minimum Gasteiger partial charge on any atom is -0.355 e. The molecule has 1 aromatic carbocycles. The number of hydrogen-bond donors (Lipinski definition) is 2. The molecule has 1 unspecified atom stereocenters. The highest BCUT2D eigenvalue weighted by molar-refractivity contribution is 6.33. The molecule has 2 N–H and O–H groups in total. The summed E-state index contributed by atoms with van der Waals surface area (Å²) in [5.41, 5.74) is -0.979. The zero-order chi connectivity index (χ0) is 15.6. The van der Waals surface area contributed by atoms with Crippen molar-refractivity contribution >= 4 is 29.1 Å². The summed E-state index contributed by atoms with van der Waals surface area (Å²) < 4.78 is 37.9. The van der Waals surface area contributed by atoms with Crippen LogP contribution in [0.15, 0.2) is 18.2 Å². The molecule has 0 aliphatic carbocycles. The lowest BCUT2D eigenvalue weighted by molar-refractivity contribution is -0.137. The van der Waals surface area contributed by atoms with E-state index in [4.69, 9.17) is 11.6 Å². The monoisotopic (exact) mass is 320 g/mol. The van der Waals surface area contributed by atoms with Crippen molar-refractivity contribution in [3.05, 3.63) is 28.8 Å². The minimum atomic E-state index is -4.51. The highest BCUT2D eigenvalue weighted by Crippen LogP contribution is 2.34. The first kappa shape index (κ1) is 15.6. The first-order valence-electron chi connectivity index (χ1n) is 6.21. The molecule has 1 atom stereocenters. The maximum atomic E-state index is 12.6. The highest BCUT2D eigenvalue weighted by atomic mass is 35.5. The van der Waals surface area contributed by atoms with Crippen LogP contribution in [-0.2, 0) is 15.8 Å². The first-order valence-corrected chi connectivity index (χ1v) is 6.59. The minimum absolute atomic E-state index is 0.0243. The van der Waals surface area contributed by atoms with Gasteiger partial charge in [0.2, 0.25) is 11.8 Å². The Morgan fingerprint density at radius 1 is 1.38 bits per heavy atom. The van der Waals surface area contributed by atoms with Crippen molar-refractivity contribution in [1.29, 1.82) is 0 Å². The van der Waals surface area contributed by atoms with Crippen LogP contribution in [-0.4, -0.2) is 18.4 Å². The molecule has 0 saturated carbocycles. The number of halogens is 4. The molecule has 114 valence electrons. The number of anilines is 1. The molecule has 21 heavy (non-hydrogen) atoms. The number of piperidine rings is 1. The average Bonchev–Trinajstić information content (AvgIpc) is 2.40. The maximum absolute atomic E-state index is 12.6. The Morgan fingerprint density at radius 3 is 2.67 bits per heavy atom. The summed E-state index contributed by atoms with van der Waals surface area (Å²) in [4.78, 5) is 23.0. The second-order valence-electron chi connectivity index (χ2n) is 4.72. The largest absolute Gasteiger partial charge is 0.416 e. The fourth-order valence-electron chi connectivity index (χ4n) is 1.99. The number of rotatable bonds is 2. The van der Waals surface area contributed by atoms with E-state index in [0.717, 1.165) is 18.2 Å². The van der Waals surface area contributed by atoms with Gasteiger partial charge in [-0.2, -0.15) is 13.2 Å². The van der Waals surface area contributed by atoms with E-state index >= 15 is 0 Å². The lowest BCUT2D eigenvalue weighted by Crippen LogP contribution is -2.40. The van der Waals surface area contributed by atoms with E-state index in [9.17, 15) is 22.8 Å².